The van der Waals surface area contributed by atoms with Gasteiger partial charge in [-0.15, -0.1) is 0 Å². The van der Waals surface area contributed by atoms with Crippen molar-refractivity contribution < 1.29 is 9.53 Å². The van der Waals surface area contributed by atoms with E-state index in [1.807, 2.05) is 35.4 Å². The van der Waals surface area contributed by atoms with Crippen LogP contribution in [0, 0.1) is 0 Å². The van der Waals surface area contributed by atoms with Crippen molar-refractivity contribution in [3.05, 3.63) is 47.7 Å². The van der Waals surface area contributed by atoms with Crippen molar-refractivity contribution in [1.29, 1.82) is 0 Å². The van der Waals surface area contributed by atoms with Gasteiger partial charge >= 0.3 is 0 Å². The molecule has 0 bridgehead atoms. The van der Waals surface area contributed by atoms with Gasteiger partial charge in [-0.05, 0) is 38.3 Å². The summed E-state index contributed by atoms with van der Waals surface area (Å²) in [6.45, 7) is 4.48. The van der Waals surface area contributed by atoms with Crippen LogP contribution in [0.25, 0.3) is 10.9 Å². The summed E-state index contributed by atoms with van der Waals surface area (Å²) in [5, 5.41) is 1.08. The largest absolute Gasteiger partial charge is 0.370 e. The van der Waals surface area contributed by atoms with Crippen LogP contribution in [0.5, 0.6) is 0 Å². The first-order valence-electron chi connectivity index (χ1n) is 8.35. The van der Waals surface area contributed by atoms with Crippen molar-refractivity contribution in [2.75, 3.05) is 19.7 Å². The van der Waals surface area contributed by atoms with E-state index in [1.165, 1.54) is 5.57 Å². The van der Waals surface area contributed by atoms with Crippen molar-refractivity contribution in [1.82, 2.24) is 9.88 Å². The number of carbonyl (C=O) groups excluding carboxylic acids is 1. The number of ether oxygens (including phenoxy) is 1. The Balaban J connectivity index is 1.53. The number of piperidine rings is 1. The first kappa shape index (κ1) is 14.5. The lowest BCUT2D eigenvalue weighted by Crippen LogP contribution is -2.48. The van der Waals surface area contributed by atoms with Gasteiger partial charge in [-0.2, -0.15) is 0 Å². The predicted octanol–water partition coefficient (Wildman–Crippen LogP) is 3.51. The van der Waals surface area contributed by atoms with Gasteiger partial charge in [-0.1, -0.05) is 23.8 Å². The monoisotopic (exact) mass is 310 g/mol. The van der Waals surface area contributed by atoms with Crippen molar-refractivity contribution in [2.24, 2.45) is 0 Å². The number of aromatic nitrogens is 1. The fourth-order valence-electron chi connectivity index (χ4n) is 3.79. The van der Waals surface area contributed by atoms with Crippen LogP contribution in [-0.2, 0) is 4.74 Å². The fourth-order valence-corrected chi connectivity index (χ4v) is 3.79. The Morgan fingerprint density at radius 1 is 1.26 bits per heavy atom. The third-order valence-electron chi connectivity index (χ3n) is 5.11. The van der Waals surface area contributed by atoms with E-state index in [1.54, 1.807) is 0 Å². The average molecular weight is 310 g/mol. The van der Waals surface area contributed by atoms with Crippen LogP contribution < -0.4 is 0 Å². The highest BCUT2D eigenvalue weighted by atomic mass is 16.5. The summed E-state index contributed by atoms with van der Waals surface area (Å²) in [5.41, 5.74) is 2.96. The highest BCUT2D eigenvalue weighted by Crippen LogP contribution is 2.33. The minimum absolute atomic E-state index is 0.115. The van der Waals surface area contributed by atoms with Crippen LogP contribution in [0.4, 0.5) is 0 Å². The Kier molecular flexibility index (Phi) is 3.49. The van der Waals surface area contributed by atoms with Gasteiger partial charge in [0.15, 0.2) is 0 Å². The smallest absolute Gasteiger partial charge is 0.255 e. The fraction of sp³-hybridized carbons (Fsp3) is 0.421. The first-order chi connectivity index (χ1) is 11.2. The lowest BCUT2D eigenvalue weighted by Gasteiger charge is -2.42. The molecule has 1 aromatic heterocycles. The molecule has 1 amide bonds. The molecule has 4 nitrogen and oxygen atoms in total. The molecule has 2 aliphatic rings. The quantitative estimate of drug-likeness (QED) is 0.819. The van der Waals surface area contributed by atoms with E-state index in [4.69, 9.17) is 4.74 Å². The SMILES string of the molecule is CC1=CC2(CCN(C(=O)c3cccc4cc[nH]c34)CC2)OCC1. The number of hydrogen-bond acceptors (Lipinski definition) is 2. The third-order valence-corrected chi connectivity index (χ3v) is 5.11. The standard InChI is InChI=1S/C19H22N2O2/c1-14-6-12-23-19(13-14)7-10-21(11-8-19)18(22)16-4-2-3-15-5-9-20-17(15)16/h2-5,9,13,20H,6-8,10-12H2,1H3. The van der Waals surface area contributed by atoms with Crippen molar-refractivity contribution in [2.45, 2.75) is 31.8 Å². The number of aromatic amines is 1. The zero-order valence-electron chi connectivity index (χ0n) is 13.5. The normalized spacial score (nSPS) is 20.7. The lowest BCUT2D eigenvalue weighted by atomic mass is 9.86. The minimum Gasteiger partial charge on any atom is -0.370 e. The molecule has 0 atom stereocenters. The molecule has 0 saturated carbocycles. The highest BCUT2D eigenvalue weighted by Gasteiger charge is 2.37. The van der Waals surface area contributed by atoms with Crippen LogP contribution in [-0.4, -0.2) is 41.1 Å². The molecular weight excluding hydrogens is 288 g/mol. The van der Waals surface area contributed by atoms with E-state index < -0.39 is 0 Å². The number of para-hydroxylation sites is 1. The number of fused-ring (bicyclic) bond motifs is 1. The molecule has 2 aliphatic heterocycles. The molecular formula is C19H22N2O2. The Morgan fingerprint density at radius 3 is 2.87 bits per heavy atom. The van der Waals surface area contributed by atoms with E-state index >= 15 is 0 Å². The number of carbonyl (C=O) groups is 1. The molecule has 4 rings (SSSR count). The van der Waals surface area contributed by atoms with Crippen molar-refractivity contribution >= 4 is 16.8 Å². The number of H-pyrrole nitrogens is 1. The van der Waals surface area contributed by atoms with Gasteiger partial charge in [0.05, 0.1) is 23.3 Å². The molecule has 1 saturated heterocycles. The van der Waals surface area contributed by atoms with Crippen LogP contribution in [0.2, 0.25) is 0 Å². The third kappa shape index (κ3) is 2.57. The zero-order valence-corrected chi connectivity index (χ0v) is 13.5. The van der Waals surface area contributed by atoms with E-state index in [0.717, 1.165) is 55.4 Å². The molecule has 3 heterocycles. The van der Waals surface area contributed by atoms with Crippen LogP contribution in [0.15, 0.2) is 42.1 Å². The van der Waals surface area contributed by atoms with Gasteiger partial charge in [0, 0.05) is 24.7 Å². The van der Waals surface area contributed by atoms with Gasteiger partial charge in [-0.25, -0.2) is 0 Å². The summed E-state index contributed by atoms with van der Waals surface area (Å²) in [6, 6.07) is 7.88. The van der Waals surface area contributed by atoms with Gasteiger partial charge in [0.2, 0.25) is 0 Å². The summed E-state index contributed by atoms with van der Waals surface area (Å²) in [4.78, 5) is 18.0. The molecule has 0 aliphatic carbocycles. The Morgan fingerprint density at radius 2 is 2.09 bits per heavy atom. The molecule has 2 aromatic rings. The Bertz CT molecular complexity index is 767. The second kappa shape index (κ2) is 5.53. The molecule has 1 N–H and O–H groups in total. The highest BCUT2D eigenvalue weighted by molar-refractivity contribution is 6.05. The number of amides is 1. The maximum Gasteiger partial charge on any atom is 0.255 e. The summed E-state index contributed by atoms with van der Waals surface area (Å²) >= 11 is 0. The molecule has 0 unspecified atom stereocenters. The lowest BCUT2D eigenvalue weighted by molar-refractivity contribution is -0.0521. The molecule has 0 radical (unpaired) electrons. The zero-order chi connectivity index (χ0) is 15.9. The van der Waals surface area contributed by atoms with E-state index in [-0.39, 0.29) is 11.5 Å². The van der Waals surface area contributed by atoms with Gasteiger partial charge in [0.1, 0.15) is 0 Å². The van der Waals surface area contributed by atoms with Gasteiger partial charge in [-0.3, -0.25) is 4.79 Å². The first-order valence-corrected chi connectivity index (χ1v) is 8.35. The number of likely N-dealkylation sites (tertiary alicyclic amines) is 1. The molecule has 1 spiro atoms. The molecule has 120 valence electrons. The molecule has 1 fully saturated rings. The van der Waals surface area contributed by atoms with E-state index in [9.17, 15) is 4.79 Å². The van der Waals surface area contributed by atoms with Crippen molar-refractivity contribution in [3.8, 4) is 0 Å². The van der Waals surface area contributed by atoms with Gasteiger partial charge < -0.3 is 14.6 Å². The van der Waals surface area contributed by atoms with Crippen LogP contribution in [0.3, 0.4) is 0 Å². The number of hydrogen-bond donors (Lipinski definition) is 1. The number of benzene rings is 1. The maximum absolute atomic E-state index is 12.9. The van der Waals surface area contributed by atoms with E-state index in [0.29, 0.717) is 0 Å². The average Bonchev–Trinajstić information content (AvgIpc) is 3.03. The summed E-state index contributed by atoms with van der Waals surface area (Å²) in [6.07, 6.45) is 6.97. The number of nitrogens with zero attached hydrogens (tertiary/aromatic N) is 1. The van der Waals surface area contributed by atoms with E-state index in [2.05, 4.69) is 18.0 Å². The topological polar surface area (TPSA) is 45.3 Å². The summed E-state index contributed by atoms with van der Waals surface area (Å²) < 4.78 is 6.05. The Hall–Kier alpha value is -2.07. The molecule has 4 heteroatoms. The summed E-state index contributed by atoms with van der Waals surface area (Å²) in [5.74, 6) is 0.115. The summed E-state index contributed by atoms with van der Waals surface area (Å²) in [7, 11) is 0. The van der Waals surface area contributed by atoms with Crippen LogP contribution in [0.1, 0.15) is 36.5 Å². The molecule has 1 aromatic carbocycles. The van der Waals surface area contributed by atoms with Gasteiger partial charge in [0.25, 0.3) is 5.91 Å². The number of rotatable bonds is 1. The predicted molar refractivity (Wildman–Crippen MR) is 90.5 cm³/mol. The number of nitrogens with one attached hydrogen (secondary N) is 1. The second-order valence-corrected chi connectivity index (χ2v) is 6.69. The van der Waals surface area contributed by atoms with Crippen molar-refractivity contribution in [3.63, 3.8) is 0 Å². The van der Waals surface area contributed by atoms with Crippen LogP contribution >= 0.6 is 0 Å². The maximum atomic E-state index is 12.9. The molecule has 23 heavy (non-hydrogen) atoms. The minimum atomic E-state index is -0.141. The Labute approximate surface area is 136 Å². The second-order valence-electron chi connectivity index (χ2n) is 6.69.